The van der Waals surface area contributed by atoms with Gasteiger partial charge in [-0.25, -0.2) is 0 Å². The van der Waals surface area contributed by atoms with E-state index in [-0.39, 0.29) is 26.1 Å². The molecule has 40 heavy (non-hydrogen) atoms. The van der Waals surface area contributed by atoms with Crippen LogP contribution < -0.4 is 31.2 Å². The third-order valence-electron chi connectivity index (χ3n) is 5.58. The highest BCUT2D eigenvalue weighted by Crippen LogP contribution is 2.31. The number of rotatable bonds is 9. The van der Waals surface area contributed by atoms with Gasteiger partial charge in [-0.15, -0.1) is 0 Å². The molecule has 0 heterocycles. The number of hydrazine groups is 2. The Labute approximate surface area is 246 Å². The molecule has 0 aliphatic carbocycles. The summed E-state index contributed by atoms with van der Waals surface area (Å²) in [6.07, 6.45) is -0.445. The van der Waals surface area contributed by atoms with E-state index in [1.54, 1.807) is 12.1 Å². The molecule has 0 saturated heterocycles. The first-order chi connectivity index (χ1) is 19.3. The monoisotopic (exact) mass is 670 g/mol. The summed E-state index contributed by atoms with van der Waals surface area (Å²) in [5, 5.41) is 3.94. The average molecular weight is 672 g/mol. The maximum Gasteiger partial charge on any atom is 0.276 e. The molecule has 4 N–H and O–H groups in total. The zero-order chi connectivity index (χ0) is 28.5. The fourth-order valence-corrected chi connectivity index (χ4v) is 4.55. The molecule has 0 radical (unpaired) electrons. The first-order valence-corrected chi connectivity index (χ1v) is 13.6. The molecule has 0 unspecified atom stereocenters. The lowest BCUT2D eigenvalue weighted by Crippen LogP contribution is -2.45. The van der Waals surface area contributed by atoms with Crippen LogP contribution >= 0.6 is 31.9 Å². The van der Waals surface area contributed by atoms with Gasteiger partial charge >= 0.3 is 0 Å². The molecule has 10 nitrogen and oxygen atoms in total. The van der Waals surface area contributed by atoms with Crippen molar-refractivity contribution >= 4 is 77.0 Å². The number of carbonyl (C=O) groups is 4. The number of hydrogen-bond acceptors (Lipinski definition) is 6. The topological polar surface area (TPSA) is 135 Å². The molecule has 12 heteroatoms. The van der Waals surface area contributed by atoms with Gasteiger partial charge in [0.05, 0.1) is 8.95 Å². The minimum Gasteiger partial charge on any atom is -0.483 e. The van der Waals surface area contributed by atoms with E-state index in [0.717, 1.165) is 21.5 Å². The summed E-state index contributed by atoms with van der Waals surface area (Å²) < 4.78 is 12.5. The van der Waals surface area contributed by atoms with Crippen molar-refractivity contribution < 1.29 is 28.7 Å². The largest absolute Gasteiger partial charge is 0.483 e. The highest BCUT2D eigenvalue weighted by molar-refractivity contribution is 9.11. The zero-order valence-electron chi connectivity index (χ0n) is 21.0. The van der Waals surface area contributed by atoms with Gasteiger partial charge in [-0.2, -0.15) is 0 Å². The van der Waals surface area contributed by atoms with E-state index in [9.17, 15) is 19.2 Å². The molecule has 0 bridgehead atoms. The second kappa shape index (κ2) is 13.8. The summed E-state index contributed by atoms with van der Waals surface area (Å²) in [5.41, 5.74) is 8.90. The van der Waals surface area contributed by atoms with Gasteiger partial charge in [0, 0.05) is 12.8 Å². The van der Waals surface area contributed by atoms with Gasteiger partial charge in [0.25, 0.3) is 11.8 Å². The molecule has 4 amide bonds. The van der Waals surface area contributed by atoms with E-state index < -0.39 is 23.6 Å². The van der Waals surface area contributed by atoms with Crippen LogP contribution in [0.1, 0.15) is 12.8 Å². The molecule has 0 fully saturated rings. The maximum atomic E-state index is 12.1. The van der Waals surface area contributed by atoms with Gasteiger partial charge in [-0.3, -0.25) is 40.9 Å². The molecule has 0 aliphatic heterocycles. The fourth-order valence-electron chi connectivity index (χ4n) is 3.59. The van der Waals surface area contributed by atoms with Gasteiger partial charge in [-0.1, -0.05) is 48.5 Å². The first-order valence-electron chi connectivity index (χ1n) is 12.1. The van der Waals surface area contributed by atoms with Crippen molar-refractivity contribution in [3.8, 4) is 11.5 Å². The van der Waals surface area contributed by atoms with Crippen LogP contribution in [0.25, 0.3) is 21.5 Å². The van der Waals surface area contributed by atoms with Gasteiger partial charge in [0.15, 0.2) is 13.2 Å². The van der Waals surface area contributed by atoms with E-state index in [0.29, 0.717) is 20.4 Å². The highest BCUT2D eigenvalue weighted by atomic mass is 79.9. The molecular formula is C28H24Br2N4O6. The van der Waals surface area contributed by atoms with E-state index in [4.69, 9.17) is 9.47 Å². The number of halogens is 2. The van der Waals surface area contributed by atoms with Crippen molar-refractivity contribution in [2.45, 2.75) is 12.8 Å². The van der Waals surface area contributed by atoms with E-state index in [1.807, 2.05) is 60.7 Å². The Kier molecular flexibility index (Phi) is 9.92. The SMILES string of the molecule is O=C(CCC(=O)NNC(=O)COc1cc2ccccc2cc1Br)NNC(=O)COc1cc2ccccc2cc1Br. The lowest BCUT2D eigenvalue weighted by molar-refractivity contribution is -0.132. The molecule has 4 aromatic carbocycles. The third kappa shape index (κ3) is 8.17. The standard InChI is InChI=1S/C28H24Br2N4O6/c29-21-11-17-5-1-3-7-19(17)13-23(21)39-15-27(37)33-31-25(35)9-10-26(36)32-34-28(38)16-40-24-14-20-8-4-2-6-18(20)12-22(24)30/h1-8,11-14H,9-10,15-16H2,(H,31,35)(H,32,36)(H,33,37)(H,34,38). The van der Waals surface area contributed by atoms with Crippen molar-refractivity contribution in [2.24, 2.45) is 0 Å². The smallest absolute Gasteiger partial charge is 0.276 e. The normalized spacial score (nSPS) is 10.6. The molecular weight excluding hydrogens is 648 g/mol. The maximum absolute atomic E-state index is 12.1. The molecule has 0 saturated carbocycles. The van der Waals surface area contributed by atoms with Crippen LogP contribution in [-0.2, 0) is 19.2 Å². The van der Waals surface area contributed by atoms with Crippen molar-refractivity contribution in [3.05, 3.63) is 81.7 Å². The Morgan fingerprint density at radius 3 is 1.23 bits per heavy atom. The predicted molar refractivity (Wildman–Crippen MR) is 156 cm³/mol. The number of amides is 4. The van der Waals surface area contributed by atoms with Crippen LogP contribution in [0.3, 0.4) is 0 Å². The Balaban J connectivity index is 1.11. The summed E-state index contributed by atoms with van der Waals surface area (Å²) in [6.45, 7) is -0.664. The van der Waals surface area contributed by atoms with Crippen LogP contribution in [0.2, 0.25) is 0 Å². The summed E-state index contributed by atoms with van der Waals surface area (Å²) >= 11 is 6.83. The first kappa shape index (κ1) is 28.8. The van der Waals surface area contributed by atoms with Crippen molar-refractivity contribution in [1.29, 1.82) is 0 Å². The quantitative estimate of drug-likeness (QED) is 0.198. The average Bonchev–Trinajstić information content (AvgIpc) is 2.95. The van der Waals surface area contributed by atoms with Crippen LogP contribution in [-0.4, -0.2) is 36.8 Å². The summed E-state index contributed by atoms with van der Waals surface area (Å²) in [5.74, 6) is -1.38. The summed E-state index contributed by atoms with van der Waals surface area (Å²) in [6, 6.07) is 22.8. The van der Waals surface area contributed by atoms with Gasteiger partial charge in [0.2, 0.25) is 11.8 Å². The number of benzene rings is 4. The number of fused-ring (bicyclic) bond motifs is 2. The molecule has 4 rings (SSSR count). The fraction of sp³-hybridized carbons (Fsp3) is 0.143. The summed E-state index contributed by atoms with van der Waals surface area (Å²) in [4.78, 5) is 48.1. The van der Waals surface area contributed by atoms with Crippen LogP contribution in [0.5, 0.6) is 11.5 Å². The molecule has 206 valence electrons. The van der Waals surface area contributed by atoms with Crippen LogP contribution in [0.4, 0.5) is 0 Å². The van der Waals surface area contributed by atoms with E-state index in [1.165, 1.54) is 0 Å². The van der Waals surface area contributed by atoms with Crippen LogP contribution in [0, 0.1) is 0 Å². The third-order valence-corrected chi connectivity index (χ3v) is 6.82. The summed E-state index contributed by atoms with van der Waals surface area (Å²) in [7, 11) is 0. The van der Waals surface area contributed by atoms with Crippen molar-refractivity contribution in [3.63, 3.8) is 0 Å². The van der Waals surface area contributed by atoms with Gasteiger partial charge < -0.3 is 9.47 Å². The number of carbonyl (C=O) groups excluding carboxylic acids is 4. The molecule has 0 aliphatic rings. The van der Waals surface area contributed by atoms with Crippen molar-refractivity contribution in [1.82, 2.24) is 21.7 Å². The minimum absolute atomic E-state index is 0.223. The highest BCUT2D eigenvalue weighted by Gasteiger charge is 2.12. The Morgan fingerprint density at radius 2 is 0.850 bits per heavy atom. The van der Waals surface area contributed by atoms with E-state index >= 15 is 0 Å². The lowest BCUT2D eigenvalue weighted by Gasteiger charge is -2.12. The second-order valence-corrected chi connectivity index (χ2v) is 10.2. The molecule has 0 atom stereocenters. The van der Waals surface area contributed by atoms with Gasteiger partial charge in [0.1, 0.15) is 11.5 Å². The second-order valence-electron chi connectivity index (χ2n) is 8.53. The predicted octanol–water partition coefficient (Wildman–Crippen LogP) is 4.05. The Morgan fingerprint density at radius 1 is 0.525 bits per heavy atom. The molecule has 4 aromatic rings. The van der Waals surface area contributed by atoms with Crippen molar-refractivity contribution in [2.75, 3.05) is 13.2 Å². The molecule has 0 aromatic heterocycles. The van der Waals surface area contributed by atoms with Gasteiger partial charge in [-0.05, 0) is 77.7 Å². The number of nitrogens with one attached hydrogen (secondary N) is 4. The Bertz CT molecular complexity index is 1460. The Hall–Kier alpha value is -4.16. The minimum atomic E-state index is -0.591. The molecule has 0 spiro atoms. The van der Waals surface area contributed by atoms with Crippen LogP contribution in [0.15, 0.2) is 81.7 Å². The zero-order valence-corrected chi connectivity index (χ0v) is 24.1. The van der Waals surface area contributed by atoms with E-state index in [2.05, 4.69) is 53.6 Å². The lowest BCUT2D eigenvalue weighted by atomic mass is 10.1. The number of ether oxygens (including phenoxy) is 2. The number of hydrogen-bond donors (Lipinski definition) is 4.